The minimum absolute atomic E-state index is 0.139. The van der Waals surface area contributed by atoms with Crippen molar-refractivity contribution < 1.29 is 19.1 Å². The maximum absolute atomic E-state index is 14.0. The van der Waals surface area contributed by atoms with Crippen molar-refractivity contribution in [2.24, 2.45) is 5.92 Å². The minimum atomic E-state index is -1.10. The molecule has 3 amide bonds. The van der Waals surface area contributed by atoms with Crippen LogP contribution in [0.2, 0.25) is 0 Å². The molecule has 0 fully saturated rings. The lowest BCUT2D eigenvalue weighted by Gasteiger charge is -2.33. The lowest BCUT2D eigenvalue weighted by Crippen LogP contribution is -2.59. The van der Waals surface area contributed by atoms with Crippen molar-refractivity contribution in [3.05, 3.63) is 71.9 Å². The van der Waals surface area contributed by atoms with Crippen molar-refractivity contribution in [1.29, 1.82) is 0 Å². The van der Waals surface area contributed by atoms with Crippen LogP contribution in [0.3, 0.4) is 0 Å². The van der Waals surface area contributed by atoms with Crippen molar-refractivity contribution in [2.75, 3.05) is 14.1 Å². The van der Waals surface area contributed by atoms with Gasteiger partial charge in [0.25, 0.3) is 0 Å². The fraction of sp³-hybridized carbons (Fsp3) is 0.452. The van der Waals surface area contributed by atoms with Crippen LogP contribution in [-0.2, 0) is 14.4 Å². The van der Waals surface area contributed by atoms with Crippen LogP contribution in [0, 0.1) is 5.92 Å². The molecule has 2 aromatic carbocycles. The van der Waals surface area contributed by atoms with Gasteiger partial charge >= 0.3 is 0 Å². The highest BCUT2D eigenvalue weighted by molar-refractivity contribution is 5.94. The molecule has 0 unspecified atom stereocenters. The number of hydrogen-bond acceptors (Lipinski definition) is 5. The molecule has 8 heteroatoms. The van der Waals surface area contributed by atoms with Gasteiger partial charge in [-0.2, -0.15) is 0 Å². The number of carbonyl (C=O) groups is 3. The quantitative estimate of drug-likeness (QED) is 0.451. The number of benzene rings is 2. The van der Waals surface area contributed by atoms with Crippen LogP contribution in [0.4, 0.5) is 0 Å². The predicted molar refractivity (Wildman–Crippen MR) is 154 cm³/mol. The smallest absolute Gasteiger partial charge is 0.247 e. The highest BCUT2D eigenvalue weighted by Gasteiger charge is 2.38. The molecule has 2 heterocycles. The normalized spacial score (nSPS) is 22.2. The molecule has 39 heavy (non-hydrogen) atoms. The average Bonchev–Trinajstić information content (AvgIpc) is 2.93. The van der Waals surface area contributed by atoms with Gasteiger partial charge in [-0.3, -0.25) is 19.3 Å². The van der Waals surface area contributed by atoms with Gasteiger partial charge in [-0.1, -0.05) is 82.5 Å². The molecule has 8 nitrogen and oxygen atoms in total. The first-order valence-electron chi connectivity index (χ1n) is 13.8. The summed E-state index contributed by atoms with van der Waals surface area (Å²) in [5.41, 5.74) is 1.61. The molecular formula is C31H42N4O4. The van der Waals surface area contributed by atoms with Crippen LogP contribution >= 0.6 is 0 Å². The second-order valence-electron chi connectivity index (χ2n) is 10.3. The first-order valence-corrected chi connectivity index (χ1v) is 13.8. The molecule has 2 bridgehead atoms. The number of amides is 3. The van der Waals surface area contributed by atoms with E-state index in [0.29, 0.717) is 18.6 Å². The molecule has 210 valence electrons. The summed E-state index contributed by atoms with van der Waals surface area (Å²) < 4.78 is 6.44. The van der Waals surface area contributed by atoms with E-state index >= 15 is 0 Å². The molecular weight excluding hydrogens is 492 g/mol. The average molecular weight is 535 g/mol. The number of likely N-dealkylation sites (N-methyl/N-ethyl adjacent to an activating group) is 1. The highest BCUT2D eigenvalue weighted by atomic mass is 16.5. The zero-order valence-electron chi connectivity index (χ0n) is 23.6. The monoisotopic (exact) mass is 534 g/mol. The van der Waals surface area contributed by atoms with Crippen LogP contribution in [0.15, 0.2) is 60.8 Å². The van der Waals surface area contributed by atoms with Crippen LogP contribution < -0.4 is 20.7 Å². The second kappa shape index (κ2) is 14.5. The highest BCUT2D eigenvalue weighted by Crippen LogP contribution is 2.27. The standard InChI is InChI=1S/C31H42N4O4/c1-6-8-14-25(35(4)5)29(36)34-27-28(23-12-10-9-11-13-23)39-24-17-15-22(16-18-24)19-20-32-30(37)26(21(3)7-2)33-31(27)38/h9-13,15-21,25-28H,6-8,14H2,1-5H3,(H,32,37)(H,33,38)(H,34,36)/b20-19+/t21-,25+,26+,27+,28+/m0/s1. The van der Waals surface area contributed by atoms with E-state index in [1.54, 1.807) is 12.3 Å². The van der Waals surface area contributed by atoms with E-state index in [4.69, 9.17) is 4.74 Å². The molecule has 5 atom stereocenters. The number of unbranched alkanes of at least 4 members (excludes halogenated alkanes) is 1. The molecule has 0 saturated heterocycles. The van der Waals surface area contributed by atoms with E-state index in [0.717, 1.165) is 24.0 Å². The number of ether oxygens (including phenoxy) is 1. The molecule has 0 aliphatic carbocycles. The summed E-state index contributed by atoms with van der Waals surface area (Å²) in [4.78, 5) is 42.7. The van der Waals surface area contributed by atoms with E-state index < -0.39 is 30.1 Å². The number of hydrogen-bond donors (Lipinski definition) is 3. The van der Waals surface area contributed by atoms with E-state index in [1.807, 2.05) is 87.4 Å². The fourth-order valence-corrected chi connectivity index (χ4v) is 4.58. The van der Waals surface area contributed by atoms with Gasteiger partial charge < -0.3 is 20.7 Å². The second-order valence-corrected chi connectivity index (χ2v) is 10.3. The van der Waals surface area contributed by atoms with Gasteiger partial charge in [0.1, 0.15) is 17.8 Å². The maximum atomic E-state index is 14.0. The molecule has 2 aliphatic heterocycles. The Hall–Kier alpha value is -3.65. The number of nitrogens with zero attached hydrogens (tertiary/aromatic N) is 1. The van der Waals surface area contributed by atoms with E-state index in [9.17, 15) is 14.4 Å². The summed E-state index contributed by atoms with van der Waals surface area (Å²) in [6.07, 6.45) is 5.69. The third-order valence-corrected chi connectivity index (χ3v) is 7.21. The van der Waals surface area contributed by atoms with Crippen molar-refractivity contribution >= 4 is 23.8 Å². The largest absolute Gasteiger partial charge is 0.483 e. The zero-order valence-corrected chi connectivity index (χ0v) is 23.6. The molecule has 2 aliphatic rings. The van der Waals surface area contributed by atoms with Gasteiger partial charge in [-0.25, -0.2) is 0 Å². The Kier molecular flexibility index (Phi) is 11.1. The lowest BCUT2D eigenvalue weighted by molar-refractivity contribution is -0.136. The topological polar surface area (TPSA) is 99.8 Å². The number of carbonyl (C=O) groups excluding carboxylic acids is 3. The van der Waals surface area contributed by atoms with Gasteiger partial charge in [0.05, 0.1) is 6.04 Å². The van der Waals surface area contributed by atoms with Gasteiger partial charge in [-0.05, 0) is 55.8 Å². The third-order valence-electron chi connectivity index (χ3n) is 7.21. The molecule has 0 saturated carbocycles. The summed E-state index contributed by atoms with van der Waals surface area (Å²) in [6.45, 7) is 5.97. The molecule has 3 N–H and O–H groups in total. The Morgan fingerprint density at radius 1 is 1.03 bits per heavy atom. The van der Waals surface area contributed by atoms with Crippen molar-refractivity contribution in [3.63, 3.8) is 0 Å². The Morgan fingerprint density at radius 3 is 2.33 bits per heavy atom. The fourth-order valence-electron chi connectivity index (χ4n) is 4.58. The van der Waals surface area contributed by atoms with Gasteiger partial charge in [0.15, 0.2) is 6.10 Å². The van der Waals surface area contributed by atoms with Crippen LogP contribution in [0.25, 0.3) is 6.08 Å². The molecule has 0 radical (unpaired) electrons. The van der Waals surface area contributed by atoms with Crippen molar-refractivity contribution in [3.8, 4) is 5.75 Å². The Labute approximate surface area is 232 Å². The van der Waals surface area contributed by atoms with Gasteiger partial charge in [0.2, 0.25) is 17.7 Å². The number of fused-ring (bicyclic) bond motifs is 10. The van der Waals surface area contributed by atoms with E-state index in [1.165, 1.54) is 0 Å². The first kappa shape index (κ1) is 29.9. The predicted octanol–water partition coefficient (Wildman–Crippen LogP) is 4.04. The summed E-state index contributed by atoms with van der Waals surface area (Å²) in [5, 5.41) is 8.75. The molecule has 0 spiro atoms. The maximum Gasteiger partial charge on any atom is 0.247 e. The van der Waals surface area contributed by atoms with Crippen molar-refractivity contribution in [2.45, 2.75) is 70.7 Å². The summed E-state index contributed by atoms with van der Waals surface area (Å²) in [7, 11) is 3.72. The van der Waals surface area contributed by atoms with Crippen LogP contribution in [0.5, 0.6) is 5.75 Å². The summed E-state index contributed by atoms with van der Waals surface area (Å²) in [5.74, 6) is -0.646. The number of nitrogens with one attached hydrogen (secondary N) is 3. The molecule has 0 aromatic heterocycles. The first-order chi connectivity index (χ1) is 18.7. The number of rotatable bonds is 9. The Balaban J connectivity index is 2.10. The van der Waals surface area contributed by atoms with Gasteiger partial charge in [0, 0.05) is 6.20 Å². The van der Waals surface area contributed by atoms with Crippen molar-refractivity contribution in [1.82, 2.24) is 20.9 Å². The van der Waals surface area contributed by atoms with Crippen LogP contribution in [-0.4, -0.2) is 54.8 Å². The Morgan fingerprint density at radius 2 is 1.72 bits per heavy atom. The SMILES string of the molecule is CCCC[C@H](C(=O)N[C@H]1C(=O)N[C@H]([C@@H](C)CC)C(=O)N/C=C/c2ccc(cc2)O[C@@H]1c1ccccc1)N(C)C. The molecule has 2 aromatic rings. The van der Waals surface area contributed by atoms with E-state index in [2.05, 4.69) is 22.9 Å². The summed E-state index contributed by atoms with van der Waals surface area (Å²) in [6, 6.07) is 14.4. The lowest BCUT2D eigenvalue weighted by atomic mass is 9.95. The van der Waals surface area contributed by atoms with E-state index in [-0.39, 0.29) is 17.7 Å². The summed E-state index contributed by atoms with van der Waals surface area (Å²) >= 11 is 0. The zero-order chi connectivity index (χ0) is 28.4. The Bertz CT molecular complexity index is 1120. The molecule has 4 rings (SSSR count). The van der Waals surface area contributed by atoms with Crippen LogP contribution in [0.1, 0.15) is 63.7 Å². The minimum Gasteiger partial charge on any atom is -0.483 e. The van der Waals surface area contributed by atoms with Gasteiger partial charge in [-0.15, -0.1) is 0 Å². The third kappa shape index (κ3) is 8.17.